The van der Waals surface area contributed by atoms with Crippen LogP contribution in [0, 0.1) is 35.6 Å². The Balaban J connectivity index is 5.58. The lowest BCUT2D eigenvalue weighted by Gasteiger charge is -2.37. The van der Waals surface area contributed by atoms with Gasteiger partial charge in [-0.2, -0.15) is 0 Å². The van der Waals surface area contributed by atoms with E-state index in [1.807, 2.05) is 13.8 Å². The van der Waals surface area contributed by atoms with Crippen LogP contribution in [0.25, 0.3) is 0 Å². The van der Waals surface area contributed by atoms with E-state index in [1.165, 1.54) is 0 Å². The second-order valence-electron chi connectivity index (χ2n) is 6.42. The van der Waals surface area contributed by atoms with Gasteiger partial charge >= 0.3 is 0 Å². The molecule has 0 aromatic heterocycles. The number of terminal acetylenes is 1. The van der Waals surface area contributed by atoms with E-state index in [0.29, 0.717) is 16.6 Å². The van der Waals surface area contributed by atoms with Crippen molar-refractivity contribution in [2.24, 2.45) is 0 Å². The molecule has 0 spiro atoms. The number of hydrogen-bond donors (Lipinski definition) is 0. The molecular formula is C19H28Si. The summed E-state index contributed by atoms with van der Waals surface area (Å²) in [5.41, 5.74) is 7.30. The van der Waals surface area contributed by atoms with Crippen molar-refractivity contribution < 1.29 is 0 Å². The highest BCUT2D eigenvalue weighted by atomic mass is 28.3. The summed E-state index contributed by atoms with van der Waals surface area (Å²) >= 11 is 0. The molecule has 0 unspecified atom stereocenters. The maximum Gasteiger partial charge on any atom is 0.147 e. The molecule has 0 rings (SSSR count). The van der Waals surface area contributed by atoms with Crippen molar-refractivity contribution in [1.29, 1.82) is 0 Å². The Hall–Kier alpha value is -1.36. The Bertz CT molecular complexity index is 490. The van der Waals surface area contributed by atoms with E-state index >= 15 is 0 Å². The summed E-state index contributed by atoms with van der Waals surface area (Å²) in [6.07, 6.45) is 5.44. The van der Waals surface area contributed by atoms with Gasteiger partial charge < -0.3 is 0 Å². The predicted molar refractivity (Wildman–Crippen MR) is 93.8 cm³/mol. The molecule has 20 heavy (non-hydrogen) atoms. The van der Waals surface area contributed by atoms with Crippen LogP contribution in [0.1, 0.15) is 55.4 Å². The molecule has 0 bridgehead atoms. The summed E-state index contributed by atoms with van der Waals surface area (Å²) in [7, 11) is -1.67. The van der Waals surface area contributed by atoms with Crippen molar-refractivity contribution in [2.75, 3.05) is 0 Å². The van der Waals surface area contributed by atoms with Crippen LogP contribution in [0.15, 0.2) is 11.1 Å². The first-order valence-electron chi connectivity index (χ1n) is 7.37. The van der Waals surface area contributed by atoms with E-state index in [4.69, 9.17) is 6.42 Å². The van der Waals surface area contributed by atoms with Crippen LogP contribution in [-0.4, -0.2) is 8.07 Å². The van der Waals surface area contributed by atoms with E-state index in [1.54, 1.807) is 0 Å². The Morgan fingerprint density at radius 2 is 1.30 bits per heavy atom. The number of hydrogen-bond acceptors (Lipinski definition) is 0. The van der Waals surface area contributed by atoms with Crippen molar-refractivity contribution in [1.82, 2.24) is 0 Å². The van der Waals surface area contributed by atoms with Gasteiger partial charge in [0.15, 0.2) is 0 Å². The van der Waals surface area contributed by atoms with Crippen LogP contribution in [0.5, 0.6) is 0 Å². The second kappa shape index (κ2) is 8.04. The fourth-order valence-corrected chi connectivity index (χ4v) is 8.12. The van der Waals surface area contributed by atoms with Crippen molar-refractivity contribution in [3.63, 3.8) is 0 Å². The van der Waals surface area contributed by atoms with Crippen molar-refractivity contribution >= 4 is 8.07 Å². The van der Waals surface area contributed by atoms with Crippen LogP contribution >= 0.6 is 0 Å². The van der Waals surface area contributed by atoms with E-state index in [9.17, 15) is 0 Å². The zero-order chi connectivity index (χ0) is 15.9. The van der Waals surface area contributed by atoms with Gasteiger partial charge in [0.05, 0.1) is 5.57 Å². The summed E-state index contributed by atoms with van der Waals surface area (Å²) in [6, 6.07) is 0. The molecule has 0 N–H and O–H groups in total. The highest BCUT2D eigenvalue weighted by molar-refractivity contribution is 6.90. The molecule has 0 heterocycles. The van der Waals surface area contributed by atoms with Crippen LogP contribution in [0.2, 0.25) is 16.6 Å². The summed E-state index contributed by atoms with van der Waals surface area (Å²) in [4.78, 5) is 0. The summed E-state index contributed by atoms with van der Waals surface area (Å²) in [5.74, 6) is 11.7. The third-order valence-corrected chi connectivity index (χ3v) is 10.3. The molecule has 0 radical (unpaired) electrons. The van der Waals surface area contributed by atoms with Gasteiger partial charge in [-0.1, -0.05) is 53.0 Å². The standard InChI is InChI=1S/C19H28Si/c1-10-19(15(2)3)13-11-12-14-20(16(4)5,17(6)7)18(8)9/h1,16-18H,2-9H3. The highest BCUT2D eigenvalue weighted by Gasteiger charge is 2.41. The van der Waals surface area contributed by atoms with Gasteiger partial charge in [0, 0.05) is 0 Å². The Labute approximate surface area is 127 Å². The molecule has 0 aliphatic rings. The maximum atomic E-state index is 5.44. The average Bonchev–Trinajstić information content (AvgIpc) is 2.31. The normalized spacial score (nSPS) is 10.5. The molecule has 0 aromatic rings. The van der Waals surface area contributed by atoms with Gasteiger partial charge in [-0.3, -0.25) is 0 Å². The molecule has 1 heteroatoms. The van der Waals surface area contributed by atoms with Crippen LogP contribution in [0.3, 0.4) is 0 Å². The predicted octanol–water partition coefficient (Wildman–Crippen LogP) is 5.18. The SMILES string of the molecule is C#CC(C#CC#C[Si](C(C)C)(C(C)C)C(C)C)=C(C)C. The molecule has 0 saturated carbocycles. The van der Waals surface area contributed by atoms with E-state index < -0.39 is 8.07 Å². The smallest absolute Gasteiger partial charge is 0.116 e. The fraction of sp³-hybridized carbons (Fsp3) is 0.579. The Morgan fingerprint density at radius 3 is 1.60 bits per heavy atom. The summed E-state index contributed by atoms with van der Waals surface area (Å²) in [6.45, 7) is 17.8. The van der Waals surface area contributed by atoms with Crippen molar-refractivity contribution in [3.8, 4) is 35.6 Å². The topological polar surface area (TPSA) is 0 Å². The molecule has 0 nitrogen and oxygen atoms in total. The van der Waals surface area contributed by atoms with Gasteiger partial charge in [-0.15, -0.1) is 12.0 Å². The van der Waals surface area contributed by atoms with Gasteiger partial charge in [0.25, 0.3) is 0 Å². The monoisotopic (exact) mass is 284 g/mol. The Kier molecular flexibility index (Phi) is 7.49. The van der Waals surface area contributed by atoms with Crippen LogP contribution in [-0.2, 0) is 0 Å². The molecule has 0 aliphatic heterocycles. The third-order valence-electron chi connectivity index (χ3n) is 4.04. The molecule has 0 aromatic carbocycles. The summed E-state index contributed by atoms with van der Waals surface area (Å²) in [5, 5.41) is 0. The van der Waals surface area contributed by atoms with Gasteiger partial charge in [0.1, 0.15) is 8.07 Å². The maximum absolute atomic E-state index is 5.44. The van der Waals surface area contributed by atoms with E-state index in [-0.39, 0.29) is 0 Å². The first-order valence-corrected chi connectivity index (χ1v) is 9.60. The molecule has 0 fully saturated rings. The average molecular weight is 285 g/mol. The first kappa shape index (κ1) is 18.6. The highest BCUT2D eigenvalue weighted by Crippen LogP contribution is 2.40. The quantitative estimate of drug-likeness (QED) is 0.495. The van der Waals surface area contributed by atoms with Gasteiger partial charge in [-0.25, -0.2) is 0 Å². The Morgan fingerprint density at radius 1 is 0.850 bits per heavy atom. The van der Waals surface area contributed by atoms with Crippen molar-refractivity contribution in [2.45, 2.75) is 72.0 Å². The van der Waals surface area contributed by atoms with Crippen LogP contribution in [0.4, 0.5) is 0 Å². The zero-order valence-corrected chi connectivity index (χ0v) is 15.3. The molecule has 0 aliphatic carbocycles. The fourth-order valence-electron chi connectivity index (χ4n) is 2.97. The third kappa shape index (κ3) is 4.33. The van der Waals surface area contributed by atoms with Gasteiger partial charge in [0.2, 0.25) is 0 Å². The lowest BCUT2D eigenvalue weighted by atomic mass is 10.2. The minimum atomic E-state index is -1.67. The minimum absolute atomic E-state index is 0.632. The lowest BCUT2D eigenvalue weighted by Crippen LogP contribution is -2.43. The van der Waals surface area contributed by atoms with Gasteiger partial charge in [-0.05, 0) is 48.2 Å². The van der Waals surface area contributed by atoms with E-state index in [2.05, 4.69) is 70.8 Å². The lowest BCUT2D eigenvalue weighted by molar-refractivity contribution is 0.838. The first-order chi connectivity index (χ1) is 9.20. The van der Waals surface area contributed by atoms with Crippen molar-refractivity contribution in [3.05, 3.63) is 11.1 Å². The largest absolute Gasteiger partial charge is 0.147 e. The molecule has 0 saturated heterocycles. The number of rotatable bonds is 3. The molecule has 0 atom stereocenters. The molecular weight excluding hydrogens is 256 g/mol. The second-order valence-corrected chi connectivity index (χ2v) is 12.0. The van der Waals surface area contributed by atoms with E-state index in [0.717, 1.165) is 11.1 Å². The minimum Gasteiger partial charge on any atom is -0.116 e. The number of allylic oxidation sites excluding steroid dienone is 2. The van der Waals surface area contributed by atoms with Crippen LogP contribution < -0.4 is 0 Å². The molecule has 108 valence electrons. The zero-order valence-electron chi connectivity index (χ0n) is 14.3. The summed E-state index contributed by atoms with van der Waals surface area (Å²) < 4.78 is 0. The molecule has 0 amide bonds.